The number of primary amides is 1. The molecule has 7 nitrogen and oxygen atoms in total. The lowest BCUT2D eigenvalue weighted by Crippen LogP contribution is -2.46. The normalized spacial score (nSPS) is 13.2. The average molecular weight is 399 g/mol. The highest BCUT2D eigenvalue weighted by molar-refractivity contribution is 8.76. The van der Waals surface area contributed by atoms with E-state index in [1.165, 1.54) is 23.7 Å². The van der Waals surface area contributed by atoms with Crippen LogP contribution in [0, 0.1) is 4.91 Å². The molecular weight excluding hydrogens is 372 g/mol. The summed E-state index contributed by atoms with van der Waals surface area (Å²) < 4.78 is 0. The van der Waals surface area contributed by atoms with Gasteiger partial charge in [-0.3, -0.25) is 9.59 Å². The second-order valence-corrected chi connectivity index (χ2v) is 8.35. The second-order valence-electron chi connectivity index (χ2n) is 5.55. The van der Waals surface area contributed by atoms with Crippen LogP contribution in [0.5, 0.6) is 0 Å². The summed E-state index contributed by atoms with van der Waals surface area (Å²) in [6.07, 6.45) is 1.05. The molecule has 0 radical (unpaired) electrons. The Kier molecular flexibility index (Phi) is 11.0. The first-order valence-corrected chi connectivity index (χ1v) is 10.9. The zero-order valence-corrected chi connectivity index (χ0v) is 16.8. The molecule has 1 atom stereocenters. The van der Waals surface area contributed by atoms with Gasteiger partial charge in [0.2, 0.25) is 11.8 Å². The summed E-state index contributed by atoms with van der Waals surface area (Å²) in [5.41, 5.74) is 9.18. The molecule has 26 heavy (non-hydrogen) atoms. The highest BCUT2D eigenvalue weighted by Crippen LogP contribution is 2.22. The molecule has 1 aromatic carbocycles. The molecule has 4 N–H and O–H groups in total. The van der Waals surface area contributed by atoms with Crippen molar-refractivity contribution < 1.29 is 9.59 Å². The van der Waals surface area contributed by atoms with E-state index in [1.54, 1.807) is 21.6 Å². The quantitative estimate of drug-likeness (QED) is 0.333. The van der Waals surface area contributed by atoms with E-state index in [4.69, 9.17) is 10.6 Å². The van der Waals surface area contributed by atoms with Crippen LogP contribution in [0.1, 0.15) is 30.0 Å². The number of hydrogen-bond acceptors (Lipinski definition) is 7. The Balaban J connectivity index is 0.00000105. The fourth-order valence-electron chi connectivity index (χ4n) is 2.55. The van der Waals surface area contributed by atoms with Gasteiger partial charge in [0.15, 0.2) is 0 Å². The van der Waals surface area contributed by atoms with Crippen molar-refractivity contribution in [2.24, 2.45) is 10.9 Å². The summed E-state index contributed by atoms with van der Waals surface area (Å²) in [7, 11) is 4.40. The zero-order chi connectivity index (χ0) is 19.4. The summed E-state index contributed by atoms with van der Waals surface area (Å²) in [6, 6.07) is 5.61. The molecule has 9 heteroatoms. The van der Waals surface area contributed by atoms with Crippen LogP contribution in [0.2, 0.25) is 0 Å². The van der Waals surface area contributed by atoms with Crippen LogP contribution in [0.4, 0.5) is 0 Å². The number of rotatable bonds is 9. The molecule has 1 aromatic rings. The third kappa shape index (κ3) is 7.76. The largest absolute Gasteiger partial charge is 0.368 e. The number of nitrogens with zero attached hydrogens (tertiary/aromatic N) is 1. The van der Waals surface area contributed by atoms with Crippen LogP contribution in [-0.2, 0) is 29.1 Å². The molecule has 144 valence electrons. The lowest BCUT2D eigenvalue weighted by atomic mass is 9.99. The maximum absolute atomic E-state index is 12.1. The minimum absolute atomic E-state index is 0.126. The van der Waals surface area contributed by atoms with Crippen molar-refractivity contribution >= 4 is 33.4 Å². The number of benzene rings is 1. The van der Waals surface area contributed by atoms with Gasteiger partial charge in [0, 0.05) is 31.0 Å². The molecule has 2 rings (SSSR count). The van der Waals surface area contributed by atoms with E-state index < -0.39 is 11.9 Å². The number of nitrogens with two attached hydrogens (primary N) is 1. The van der Waals surface area contributed by atoms with Gasteiger partial charge in [0.05, 0.1) is 7.05 Å². The predicted octanol–water partition coefficient (Wildman–Crippen LogP) is 1.98. The number of carbonyl (C=O) groups is 2. The molecule has 1 unspecified atom stereocenters. The first-order chi connectivity index (χ1) is 12.5. The van der Waals surface area contributed by atoms with Crippen LogP contribution in [0.3, 0.4) is 0 Å². The highest BCUT2D eigenvalue weighted by Gasteiger charge is 2.19. The van der Waals surface area contributed by atoms with E-state index in [0.29, 0.717) is 18.6 Å². The predicted molar refractivity (Wildman–Crippen MR) is 109 cm³/mol. The van der Waals surface area contributed by atoms with Crippen LogP contribution in [0.15, 0.2) is 23.4 Å². The number of aryl methyl sites for hydroxylation is 1. The second kappa shape index (κ2) is 12.7. The lowest BCUT2D eigenvalue weighted by Gasteiger charge is -2.15. The fourth-order valence-corrected chi connectivity index (χ4v) is 4.39. The number of carbonyl (C=O) groups excluding carboxylic acids is 2. The van der Waals surface area contributed by atoms with Crippen molar-refractivity contribution in [3.8, 4) is 0 Å². The van der Waals surface area contributed by atoms with E-state index in [-0.39, 0.29) is 5.91 Å². The van der Waals surface area contributed by atoms with Crippen LogP contribution >= 0.6 is 21.6 Å². The Morgan fingerprint density at radius 1 is 1.35 bits per heavy atom. The third-order valence-corrected chi connectivity index (χ3v) is 6.21. The van der Waals surface area contributed by atoms with Gasteiger partial charge in [-0.1, -0.05) is 51.9 Å². The maximum atomic E-state index is 12.1. The van der Waals surface area contributed by atoms with Crippen molar-refractivity contribution in [3.63, 3.8) is 0 Å². The lowest BCUT2D eigenvalue weighted by molar-refractivity contribution is -0.126. The number of hydrogen-bond donors (Lipinski definition) is 3. The van der Waals surface area contributed by atoms with Gasteiger partial charge in [-0.25, -0.2) is 0 Å². The van der Waals surface area contributed by atoms with Gasteiger partial charge in [0.25, 0.3) is 0 Å². The summed E-state index contributed by atoms with van der Waals surface area (Å²) in [6.45, 7) is 3.80. The van der Waals surface area contributed by atoms with Gasteiger partial charge in [-0.05, 0) is 23.1 Å². The van der Waals surface area contributed by atoms with Crippen molar-refractivity contribution in [1.82, 2.24) is 10.6 Å². The Bertz CT molecular complexity index is 614. The van der Waals surface area contributed by atoms with E-state index in [1.807, 2.05) is 13.0 Å². The van der Waals surface area contributed by atoms with Crippen LogP contribution < -0.4 is 16.4 Å². The summed E-state index contributed by atoms with van der Waals surface area (Å²) in [5.74, 6) is 0.855. The number of nitroso groups, excluding NO2 is 1. The molecule has 0 saturated carbocycles. The molecule has 0 aromatic heterocycles. The fraction of sp³-hybridized carbons (Fsp3) is 0.529. The summed E-state index contributed by atoms with van der Waals surface area (Å²) >= 11 is 0. The maximum Gasteiger partial charge on any atom is 0.240 e. The van der Waals surface area contributed by atoms with Crippen LogP contribution in [-0.4, -0.2) is 36.4 Å². The Morgan fingerprint density at radius 2 is 2.08 bits per heavy atom. The van der Waals surface area contributed by atoms with Gasteiger partial charge in [0.1, 0.15) is 6.04 Å². The highest BCUT2D eigenvalue weighted by atomic mass is 33.1. The van der Waals surface area contributed by atoms with Crippen molar-refractivity contribution in [2.75, 3.05) is 18.6 Å². The van der Waals surface area contributed by atoms with Crippen molar-refractivity contribution in [3.05, 3.63) is 39.8 Å². The van der Waals surface area contributed by atoms with Gasteiger partial charge in [-0.2, -0.15) is 4.91 Å². The first-order valence-electron chi connectivity index (χ1n) is 8.38. The first kappa shape index (κ1) is 22.5. The van der Waals surface area contributed by atoms with Gasteiger partial charge < -0.3 is 16.4 Å². The number of amides is 2. The smallest absolute Gasteiger partial charge is 0.240 e. The Morgan fingerprint density at radius 3 is 2.73 bits per heavy atom. The van der Waals surface area contributed by atoms with E-state index in [9.17, 15) is 9.59 Å². The van der Waals surface area contributed by atoms with Gasteiger partial charge in [-0.15, -0.1) is 0 Å². The number of nitrogens with one attached hydrogen (secondary N) is 2. The standard InChI is InChI=1S/C16H23N3O2S2.CH3NO/c1-2-22-23-10-14(16(17)21)19-15(20)7-6-11-4-3-5-12-8-18-9-13(11)12;1-2-3/h3-5,14,18H,2,6-10H2,1H3,(H2,17,21)(H,19,20);1H3. The SMILES string of the molecule is CCSSCC(NC(=O)CCc1cccc2c1CNC2)C(N)=O.CN=O. The molecule has 1 heterocycles. The monoisotopic (exact) mass is 398 g/mol. The third-order valence-electron chi connectivity index (χ3n) is 3.72. The Labute approximate surface area is 162 Å². The molecule has 0 spiro atoms. The topological polar surface area (TPSA) is 114 Å². The molecular formula is C17H26N4O3S2. The average Bonchev–Trinajstić information content (AvgIpc) is 3.09. The molecule has 0 fully saturated rings. The van der Waals surface area contributed by atoms with E-state index >= 15 is 0 Å². The van der Waals surface area contributed by atoms with E-state index in [2.05, 4.69) is 27.9 Å². The Hall–Kier alpha value is -1.58. The molecule has 1 aliphatic heterocycles. The summed E-state index contributed by atoms with van der Waals surface area (Å²) in [4.78, 5) is 32.1. The number of fused-ring (bicyclic) bond motifs is 1. The molecule has 1 aliphatic rings. The minimum Gasteiger partial charge on any atom is -0.368 e. The van der Waals surface area contributed by atoms with Crippen LogP contribution in [0.25, 0.3) is 0 Å². The molecule has 0 saturated heterocycles. The summed E-state index contributed by atoms with van der Waals surface area (Å²) in [5, 5.41) is 8.32. The van der Waals surface area contributed by atoms with E-state index in [0.717, 1.165) is 18.8 Å². The zero-order valence-electron chi connectivity index (χ0n) is 15.1. The van der Waals surface area contributed by atoms with Crippen molar-refractivity contribution in [2.45, 2.75) is 38.9 Å². The minimum atomic E-state index is -0.602. The van der Waals surface area contributed by atoms with Crippen molar-refractivity contribution in [1.29, 1.82) is 0 Å². The van der Waals surface area contributed by atoms with Gasteiger partial charge >= 0.3 is 0 Å². The molecule has 2 amide bonds. The molecule has 0 bridgehead atoms. The molecule has 0 aliphatic carbocycles.